The van der Waals surface area contributed by atoms with Crippen LogP contribution in [0, 0.1) is 0 Å². The number of nitrogens with one attached hydrogen (secondary N) is 2. The summed E-state index contributed by atoms with van der Waals surface area (Å²) >= 11 is 0. The first-order valence-electron chi connectivity index (χ1n) is 12.1. The van der Waals surface area contributed by atoms with Gasteiger partial charge in [0.1, 0.15) is 0 Å². The molecule has 0 spiro atoms. The Labute approximate surface area is 211 Å². The number of nitrogens with zero attached hydrogens (tertiary/aromatic N) is 1. The van der Waals surface area contributed by atoms with Crippen LogP contribution in [0.3, 0.4) is 0 Å². The van der Waals surface area contributed by atoms with Gasteiger partial charge < -0.3 is 10.6 Å². The van der Waals surface area contributed by atoms with Gasteiger partial charge in [-0.15, -0.1) is 0 Å². The topological polar surface area (TPSA) is 71.1 Å². The fourth-order valence-electron chi connectivity index (χ4n) is 4.63. The molecule has 1 fully saturated rings. The third-order valence-corrected chi connectivity index (χ3v) is 6.59. The van der Waals surface area contributed by atoms with E-state index in [0.29, 0.717) is 33.5 Å². The van der Waals surface area contributed by atoms with Crippen LogP contribution >= 0.6 is 0 Å². The molecule has 4 aromatic rings. The number of amides is 2. The third-order valence-electron chi connectivity index (χ3n) is 6.59. The van der Waals surface area contributed by atoms with Crippen molar-refractivity contribution in [3.05, 3.63) is 95.7 Å². The predicted molar refractivity (Wildman–Crippen MR) is 136 cm³/mol. The van der Waals surface area contributed by atoms with Crippen LogP contribution in [0.15, 0.2) is 79.0 Å². The van der Waals surface area contributed by atoms with Crippen LogP contribution in [0.5, 0.6) is 0 Å². The first-order chi connectivity index (χ1) is 17.8. The number of fused-ring (bicyclic) bond motifs is 1. The lowest BCUT2D eigenvalue weighted by molar-refractivity contribution is -0.137. The van der Waals surface area contributed by atoms with Crippen molar-refractivity contribution in [1.29, 1.82) is 0 Å². The molecule has 0 radical (unpaired) electrons. The first kappa shape index (κ1) is 24.5. The number of halogens is 3. The minimum absolute atomic E-state index is 0.140. The number of hydrogen-bond donors (Lipinski definition) is 2. The molecular weight excluding hydrogens is 479 g/mol. The largest absolute Gasteiger partial charge is 0.416 e. The van der Waals surface area contributed by atoms with Gasteiger partial charge in [0.05, 0.1) is 16.6 Å². The van der Waals surface area contributed by atoms with Gasteiger partial charge in [-0.1, -0.05) is 49.2 Å². The second-order valence-electron chi connectivity index (χ2n) is 9.16. The molecule has 5 rings (SSSR count). The highest BCUT2D eigenvalue weighted by atomic mass is 19.4. The normalized spacial score (nSPS) is 14.0. The van der Waals surface area contributed by atoms with E-state index in [1.54, 1.807) is 48.5 Å². The molecule has 1 aliphatic carbocycles. The summed E-state index contributed by atoms with van der Waals surface area (Å²) in [5, 5.41) is 6.66. The molecule has 0 unspecified atom stereocenters. The average Bonchev–Trinajstić information content (AvgIpc) is 3.41. The SMILES string of the molecule is O=C(NC1CCCC1)c1cnc2cc(NC(=O)c3ccccc3-c3ccc(C(F)(F)F)cc3)ccc2c1. The van der Waals surface area contributed by atoms with E-state index in [0.717, 1.165) is 43.2 Å². The molecule has 1 heterocycles. The molecule has 2 N–H and O–H groups in total. The molecule has 1 aromatic heterocycles. The number of carbonyl (C=O) groups excluding carboxylic acids is 2. The lowest BCUT2D eigenvalue weighted by Crippen LogP contribution is -2.32. The van der Waals surface area contributed by atoms with E-state index in [1.165, 1.54) is 18.3 Å². The molecule has 1 saturated carbocycles. The maximum atomic E-state index is 13.1. The molecule has 1 aliphatic rings. The van der Waals surface area contributed by atoms with Gasteiger partial charge in [0.15, 0.2) is 0 Å². The van der Waals surface area contributed by atoms with Gasteiger partial charge >= 0.3 is 6.18 Å². The van der Waals surface area contributed by atoms with Crippen LogP contribution in [0.2, 0.25) is 0 Å². The zero-order chi connectivity index (χ0) is 26.0. The minimum atomic E-state index is -4.43. The molecule has 0 saturated heterocycles. The van der Waals surface area contributed by atoms with Crippen molar-refractivity contribution >= 4 is 28.4 Å². The summed E-state index contributed by atoms with van der Waals surface area (Å²) in [6.07, 6.45) is 1.35. The van der Waals surface area contributed by atoms with Gasteiger partial charge in [-0.3, -0.25) is 14.6 Å². The number of rotatable bonds is 5. The predicted octanol–water partition coefficient (Wildman–Crippen LogP) is 6.85. The van der Waals surface area contributed by atoms with Crippen molar-refractivity contribution in [2.75, 3.05) is 5.32 Å². The van der Waals surface area contributed by atoms with Gasteiger partial charge in [0, 0.05) is 28.9 Å². The van der Waals surface area contributed by atoms with Crippen LogP contribution in [-0.4, -0.2) is 22.8 Å². The van der Waals surface area contributed by atoms with Crippen LogP contribution < -0.4 is 10.6 Å². The molecule has 188 valence electrons. The van der Waals surface area contributed by atoms with Crippen molar-refractivity contribution < 1.29 is 22.8 Å². The number of pyridine rings is 1. The number of hydrogen-bond acceptors (Lipinski definition) is 3. The van der Waals surface area contributed by atoms with Crippen LogP contribution in [-0.2, 0) is 6.18 Å². The Morgan fingerprint density at radius 2 is 1.59 bits per heavy atom. The standard InChI is InChI=1S/C29H24F3N3O2/c30-29(31,32)21-12-9-18(10-13-21)24-7-3-4-8-25(24)28(37)35-23-14-11-19-15-20(17-33-26(19)16-23)27(36)34-22-5-1-2-6-22/h3-4,7-17,22H,1-2,5-6H2,(H,34,36)(H,35,37). The number of carbonyl (C=O) groups is 2. The monoisotopic (exact) mass is 503 g/mol. The van der Waals surface area contributed by atoms with Gasteiger partial charge in [0.25, 0.3) is 11.8 Å². The second-order valence-corrected chi connectivity index (χ2v) is 9.16. The lowest BCUT2D eigenvalue weighted by Gasteiger charge is -2.13. The lowest BCUT2D eigenvalue weighted by atomic mass is 9.98. The van der Waals surface area contributed by atoms with E-state index in [4.69, 9.17) is 0 Å². The summed E-state index contributed by atoms with van der Waals surface area (Å²) in [6.45, 7) is 0. The van der Waals surface area contributed by atoms with Gasteiger partial charge in [0.2, 0.25) is 0 Å². The van der Waals surface area contributed by atoms with Crippen LogP contribution in [0.4, 0.5) is 18.9 Å². The minimum Gasteiger partial charge on any atom is -0.349 e. The van der Waals surface area contributed by atoms with Gasteiger partial charge in [-0.2, -0.15) is 13.2 Å². The molecule has 0 atom stereocenters. The van der Waals surface area contributed by atoms with E-state index in [2.05, 4.69) is 15.6 Å². The highest BCUT2D eigenvalue weighted by Gasteiger charge is 2.30. The number of alkyl halides is 3. The van der Waals surface area contributed by atoms with Crippen LogP contribution in [0.25, 0.3) is 22.0 Å². The van der Waals surface area contributed by atoms with E-state index in [1.807, 2.05) is 0 Å². The van der Waals surface area contributed by atoms with E-state index < -0.39 is 17.6 Å². The highest BCUT2D eigenvalue weighted by molar-refractivity contribution is 6.09. The Hall–Kier alpha value is -4.20. The van der Waals surface area contributed by atoms with Crippen molar-refractivity contribution in [2.45, 2.75) is 37.9 Å². The van der Waals surface area contributed by atoms with Gasteiger partial charge in [-0.05, 0) is 60.4 Å². The summed E-state index contributed by atoms with van der Waals surface area (Å²) in [6, 6.07) is 18.7. The summed E-state index contributed by atoms with van der Waals surface area (Å²) in [4.78, 5) is 30.1. The average molecular weight is 504 g/mol. The summed E-state index contributed by atoms with van der Waals surface area (Å²) < 4.78 is 38.8. The van der Waals surface area contributed by atoms with E-state index in [-0.39, 0.29) is 11.9 Å². The first-order valence-corrected chi connectivity index (χ1v) is 12.1. The number of anilines is 1. The van der Waals surface area contributed by atoms with Crippen molar-refractivity contribution in [1.82, 2.24) is 10.3 Å². The molecule has 2 amide bonds. The zero-order valence-corrected chi connectivity index (χ0v) is 19.8. The Balaban J connectivity index is 1.34. The maximum absolute atomic E-state index is 13.1. The molecule has 8 heteroatoms. The molecular formula is C29H24F3N3O2. The van der Waals surface area contributed by atoms with E-state index >= 15 is 0 Å². The smallest absolute Gasteiger partial charge is 0.349 e. The van der Waals surface area contributed by atoms with Gasteiger partial charge in [-0.25, -0.2) is 0 Å². The maximum Gasteiger partial charge on any atom is 0.416 e. The molecule has 3 aromatic carbocycles. The Morgan fingerprint density at radius 3 is 2.32 bits per heavy atom. The Morgan fingerprint density at radius 1 is 0.865 bits per heavy atom. The summed E-state index contributed by atoms with van der Waals surface area (Å²) in [5.41, 5.74) is 2.21. The quantitative estimate of drug-likeness (QED) is 0.313. The van der Waals surface area contributed by atoms with Crippen LogP contribution in [0.1, 0.15) is 52.0 Å². The molecule has 37 heavy (non-hydrogen) atoms. The second kappa shape index (κ2) is 10.0. The zero-order valence-electron chi connectivity index (χ0n) is 19.8. The molecule has 0 bridgehead atoms. The summed E-state index contributed by atoms with van der Waals surface area (Å²) in [7, 11) is 0. The Kier molecular flexibility index (Phi) is 6.65. The summed E-state index contributed by atoms with van der Waals surface area (Å²) in [5.74, 6) is -0.541. The number of aromatic nitrogens is 1. The third kappa shape index (κ3) is 5.48. The molecule has 0 aliphatic heterocycles. The fourth-order valence-corrected chi connectivity index (χ4v) is 4.63. The fraction of sp³-hybridized carbons (Fsp3) is 0.207. The van der Waals surface area contributed by atoms with Crippen molar-refractivity contribution in [2.24, 2.45) is 0 Å². The number of benzene rings is 3. The highest BCUT2D eigenvalue weighted by Crippen LogP contribution is 2.32. The Bertz CT molecular complexity index is 1460. The van der Waals surface area contributed by atoms with Crippen molar-refractivity contribution in [3.63, 3.8) is 0 Å². The van der Waals surface area contributed by atoms with Crippen molar-refractivity contribution in [3.8, 4) is 11.1 Å². The molecule has 5 nitrogen and oxygen atoms in total. The van der Waals surface area contributed by atoms with E-state index in [9.17, 15) is 22.8 Å².